The molecule has 0 aliphatic heterocycles. The Kier molecular flexibility index (Phi) is 5.52. The standard InChI is InChI=1S/C15H20N2O2S2/c1-17(2)21(18,19)16-10-3-4-13-5-7-14(8-6-13)15-9-11-20-12-15/h5-9,11-12,16H,3-4,10H2,1-2H3. The minimum Gasteiger partial charge on any atom is -0.202 e. The Morgan fingerprint density at radius 2 is 1.81 bits per heavy atom. The topological polar surface area (TPSA) is 49.4 Å². The molecule has 0 spiro atoms. The maximum atomic E-state index is 11.5. The lowest BCUT2D eigenvalue weighted by Crippen LogP contribution is -2.36. The Labute approximate surface area is 130 Å². The molecule has 0 fully saturated rings. The Bertz CT molecular complexity index is 647. The Morgan fingerprint density at radius 3 is 2.38 bits per heavy atom. The van der Waals surface area contributed by atoms with Crippen LogP contribution >= 0.6 is 11.3 Å². The molecule has 1 N–H and O–H groups in total. The van der Waals surface area contributed by atoms with E-state index in [1.165, 1.54) is 35.1 Å². The number of hydrogen-bond donors (Lipinski definition) is 1. The first kappa shape index (κ1) is 16.2. The third-order valence-electron chi connectivity index (χ3n) is 3.22. The van der Waals surface area contributed by atoms with Gasteiger partial charge >= 0.3 is 0 Å². The van der Waals surface area contributed by atoms with E-state index in [1.807, 2.05) is 0 Å². The smallest absolute Gasteiger partial charge is 0.202 e. The molecule has 6 heteroatoms. The Balaban J connectivity index is 1.82. The van der Waals surface area contributed by atoms with Crippen LogP contribution in [0.3, 0.4) is 0 Å². The highest BCUT2D eigenvalue weighted by Gasteiger charge is 2.11. The summed E-state index contributed by atoms with van der Waals surface area (Å²) in [5.74, 6) is 0. The average molecular weight is 324 g/mol. The van der Waals surface area contributed by atoms with Gasteiger partial charge in [0.1, 0.15) is 0 Å². The first-order chi connectivity index (χ1) is 9.99. The van der Waals surface area contributed by atoms with Crippen molar-refractivity contribution >= 4 is 21.5 Å². The van der Waals surface area contributed by atoms with Gasteiger partial charge in [-0.05, 0) is 46.4 Å². The first-order valence-electron chi connectivity index (χ1n) is 6.78. The van der Waals surface area contributed by atoms with E-state index in [4.69, 9.17) is 0 Å². The second kappa shape index (κ2) is 7.17. The zero-order valence-corrected chi connectivity index (χ0v) is 13.9. The van der Waals surface area contributed by atoms with Crippen LogP contribution in [0.1, 0.15) is 12.0 Å². The molecule has 2 aromatic rings. The molecule has 0 aliphatic carbocycles. The summed E-state index contributed by atoms with van der Waals surface area (Å²) in [4.78, 5) is 0. The summed E-state index contributed by atoms with van der Waals surface area (Å²) in [6.45, 7) is 0.451. The number of rotatable bonds is 7. The summed E-state index contributed by atoms with van der Waals surface area (Å²) >= 11 is 1.69. The van der Waals surface area contributed by atoms with E-state index in [1.54, 1.807) is 11.3 Å². The summed E-state index contributed by atoms with van der Waals surface area (Å²) in [6.07, 6.45) is 1.64. The van der Waals surface area contributed by atoms with E-state index in [0.29, 0.717) is 6.54 Å². The molecule has 4 nitrogen and oxygen atoms in total. The van der Waals surface area contributed by atoms with Crippen molar-refractivity contribution in [3.63, 3.8) is 0 Å². The molecule has 0 aliphatic rings. The van der Waals surface area contributed by atoms with E-state index >= 15 is 0 Å². The number of nitrogens with zero attached hydrogens (tertiary/aromatic N) is 1. The highest BCUT2D eigenvalue weighted by molar-refractivity contribution is 7.87. The van der Waals surface area contributed by atoms with Gasteiger partial charge in [-0.2, -0.15) is 24.1 Å². The van der Waals surface area contributed by atoms with Crippen molar-refractivity contribution in [3.8, 4) is 11.1 Å². The van der Waals surface area contributed by atoms with Crippen LogP contribution in [0.4, 0.5) is 0 Å². The van der Waals surface area contributed by atoms with Gasteiger partial charge in [0, 0.05) is 20.6 Å². The third kappa shape index (κ3) is 4.64. The summed E-state index contributed by atoms with van der Waals surface area (Å²) < 4.78 is 26.8. The van der Waals surface area contributed by atoms with Gasteiger partial charge in [-0.1, -0.05) is 24.3 Å². The van der Waals surface area contributed by atoms with Gasteiger partial charge in [0.2, 0.25) is 0 Å². The highest BCUT2D eigenvalue weighted by atomic mass is 32.2. The highest BCUT2D eigenvalue weighted by Crippen LogP contribution is 2.22. The van der Waals surface area contributed by atoms with E-state index in [9.17, 15) is 8.42 Å². The van der Waals surface area contributed by atoms with E-state index in [2.05, 4.69) is 45.8 Å². The van der Waals surface area contributed by atoms with Crippen LogP contribution < -0.4 is 4.72 Å². The lowest BCUT2D eigenvalue weighted by atomic mass is 10.0. The first-order valence-corrected chi connectivity index (χ1v) is 9.16. The van der Waals surface area contributed by atoms with Gasteiger partial charge < -0.3 is 0 Å². The van der Waals surface area contributed by atoms with Crippen molar-refractivity contribution < 1.29 is 8.42 Å². The lowest BCUT2D eigenvalue weighted by molar-refractivity contribution is 0.504. The SMILES string of the molecule is CN(C)S(=O)(=O)NCCCc1ccc(-c2ccsc2)cc1. The largest absolute Gasteiger partial charge is 0.278 e. The second-order valence-corrected chi connectivity index (χ2v) is 7.74. The maximum absolute atomic E-state index is 11.5. The molecular weight excluding hydrogens is 304 g/mol. The van der Waals surface area contributed by atoms with Crippen LogP contribution in [0.25, 0.3) is 11.1 Å². The minimum absolute atomic E-state index is 0.451. The molecular formula is C15H20N2O2S2. The normalized spacial score (nSPS) is 12.0. The summed E-state index contributed by atoms with van der Waals surface area (Å²) in [7, 11) is -0.266. The molecule has 0 amide bonds. The number of benzene rings is 1. The number of aryl methyl sites for hydroxylation is 1. The maximum Gasteiger partial charge on any atom is 0.278 e. The summed E-state index contributed by atoms with van der Waals surface area (Å²) in [6, 6.07) is 10.5. The van der Waals surface area contributed by atoms with Gasteiger partial charge in [-0.15, -0.1) is 0 Å². The molecule has 2 rings (SSSR count). The van der Waals surface area contributed by atoms with Crippen LogP contribution in [0.2, 0.25) is 0 Å². The molecule has 0 saturated heterocycles. The number of hydrogen-bond acceptors (Lipinski definition) is 3. The van der Waals surface area contributed by atoms with Gasteiger partial charge in [0.05, 0.1) is 0 Å². The quantitative estimate of drug-likeness (QED) is 0.796. The third-order valence-corrected chi connectivity index (χ3v) is 5.43. The minimum atomic E-state index is -3.30. The fourth-order valence-electron chi connectivity index (χ4n) is 1.92. The van der Waals surface area contributed by atoms with Gasteiger partial charge in [0.15, 0.2) is 0 Å². The summed E-state index contributed by atoms with van der Waals surface area (Å²) in [5, 5.41) is 4.20. The number of thiophene rings is 1. The molecule has 0 atom stereocenters. The predicted molar refractivity (Wildman–Crippen MR) is 88.7 cm³/mol. The molecule has 114 valence electrons. The van der Waals surface area contributed by atoms with E-state index in [-0.39, 0.29) is 0 Å². The van der Waals surface area contributed by atoms with E-state index < -0.39 is 10.2 Å². The molecule has 0 bridgehead atoms. The van der Waals surface area contributed by atoms with Crippen molar-refractivity contribution in [1.82, 2.24) is 9.03 Å². The van der Waals surface area contributed by atoms with Gasteiger partial charge in [-0.25, -0.2) is 4.72 Å². The van der Waals surface area contributed by atoms with Crippen molar-refractivity contribution in [2.75, 3.05) is 20.6 Å². The Hall–Kier alpha value is -1.21. The van der Waals surface area contributed by atoms with Crippen molar-refractivity contribution in [3.05, 3.63) is 46.7 Å². The zero-order valence-electron chi connectivity index (χ0n) is 12.2. The second-order valence-electron chi connectivity index (χ2n) is 4.99. The molecule has 0 radical (unpaired) electrons. The van der Waals surface area contributed by atoms with Gasteiger partial charge in [-0.3, -0.25) is 0 Å². The molecule has 0 saturated carbocycles. The monoisotopic (exact) mass is 324 g/mol. The molecule has 1 aromatic heterocycles. The van der Waals surface area contributed by atoms with Crippen molar-refractivity contribution in [2.45, 2.75) is 12.8 Å². The van der Waals surface area contributed by atoms with Crippen LogP contribution in [0, 0.1) is 0 Å². The fraction of sp³-hybridized carbons (Fsp3) is 0.333. The van der Waals surface area contributed by atoms with E-state index in [0.717, 1.165) is 12.8 Å². The molecule has 21 heavy (non-hydrogen) atoms. The van der Waals surface area contributed by atoms with Gasteiger partial charge in [0.25, 0.3) is 10.2 Å². The van der Waals surface area contributed by atoms with Crippen LogP contribution in [-0.2, 0) is 16.6 Å². The zero-order chi connectivity index (χ0) is 15.3. The summed E-state index contributed by atoms with van der Waals surface area (Å²) in [5.41, 5.74) is 3.68. The van der Waals surface area contributed by atoms with Crippen LogP contribution in [0.15, 0.2) is 41.1 Å². The van der Waals surface area contributed by atoms with Crippen molar-refractivity contribution in [1.29, 1.82) is 0 Å². The van der Waals surface area contributed by atoms with Crippen LogP contribution in [0.5, 0.6) is 0 Å². The molecule has 1 heterocycles. The molecule has 1 aromatic carbocycles. The molecule has 0 unspecified atom stereocenters. The fourth-order valence-corrected chi connectivity index (χ4v) is 3.24. The average Bonchev–Trinajstić information content (AvgIpc) is 2.98. The number of nitrogens with one attached hydrogen (secondary N) is 1. The van der Waals surface area contributed by atoms with Crippen molar-refractivity contribution in [2.24, 2.45) is 0 Å². The van der Waals surface area contributed by atoms with Crippen LogP contribution in [-0.4, -0.2) is 33.4 Å². The predicted octanol–water partition coefficient (Wildman–Crippen LogP) is 2.74. The Morgan fingerprint density at radius 1 is 1.10 bits per heavy atom. The lowest BCUT2D eigenvalue weighted by Gasteiger charge is -2.12.